The highest BCUT2D eigenvalue weighted by Gasteiger charge is 2.17. The molecular weight excluding hydrogens is 321 g/mol. The zero-order chi connectivity index (χ0) is 17.8. The van der Waals surface area contributed by atoms with E-state index in [2.05, 4.69) is 5.32 Å². The van der Waals surface area contributed by atoms with E-state index in [1.807, 2.05) is 18.2 Å². The minimum Gasteiger partial charge on any atom is -0.493 e. The average molecular weight is 341 g/mol. The van der Waals surface area contributed by atoms with Gasteiger partial charge in [-0.3, -0.25) is 4.79 Å². The fraction of sp³-hybridized carbons (Fsp3) is 0.250. The van der Waals surface area contributed by atoms with Gasteiger partial charge in [0.25, 0.3) is 0 Å². The van der Waals surface area contributed by atoms with Crippen LogP contribution in [0.25, 0.3) is 6.08 Å². The van der Waals surface area contributed by atoms with Gasteiger partial charge >= 0.3 is 0 Å². The van der Waals surface area contributed by atoms with Gasteiger partial charge in [0.1, 0.15) is 11.6 Å². The fourth-order valence-electron chi connectivity index (χ4n) is 2.78. The second-order valence-electron chi connectivity index (χ2n) is 6.09. The number of hydrogen-bond donors (Lipinski definition) is 2. The molecule has 0 saturated carbocycles. The Kier molecular flexibility index (Phi) is 5.14. The Bertz CT molecular complexity index is 786. The Morgan fingerprint density at radius 1 is 1.28 bits per heavy atom. The number of amides is 1. The van der Waals surface area contributed by atoms with Crippen LogP contribution in [0.4, 0.5) is 4.39 Å². The van der Waals surface area contributed by atoms with E-state index < -0.39 is 12.1 Å². The van der Waals surface area contributed by atoms with E-state index in [4.69, 9.17) is 4.74 Å². The molecule has 5 heteroatoms. The number of benzene rings is 2. The number of hydrogen-bond acceptors (Lipinski definition) is 3. The predicted molar refractivity (Wildman–Crippen MR) is 93.6 cm³/mol. The third-order valence-corrected chi connectivity index (χ3v) is 4.20. The van der Waals surface area contributed by atoms with Gasteiger partial charge in [-0.2, -0.15) is 0 Å². The van der Waals surface area contributed by atoms with Crippen molar-refractivity contribution >= 4 is 12.0 Å². The van der Waals surface area contributed by atoms with E-state index in [0.717, 1.165) is 23.3 Å². The molecule has 0 radical (unpaired) electrons. The number of aliphatic hydroxyl groups excluding tert-OH is 1. The lowest BCUT2D eigenvalue weighted by molar-refractivity contribution is -0.117. The van der Waals surface area contributed by atoms with Crippen LogP contribution in [0.1, 0.15) is 29.7 Å². The molecule has 0 saturated heterocycles. The van der Waals surface area contributed by atoms with Crippen molar-refractivity contribution in [3.8, 4) is 5.75 Å². The first kappa shape index (κ1) is 17.2. The predicted octanol–water partition coefficient (Wildman–Crippen LogP) is 3.01. The molecule has 25 heavy (non-hydrogen) atoms. The number of carbonyl (C=O) groups excluding carboxylic acids is 1. The SMILES string of the molecule is CC(NC(=O)/C=C/c1ccc2c(c1)CCO2)C(O)c1ccc(F)cc1. The maximum atomic E-state index is 12.9. The molecule has 3 rings (SSSR count). The lowest BCUT2D eigenvalue weighted by Gasteiger charge is -2.19. The third kappa shape index (κ3) is 4.25. The Balaban J connectivity index is 1.58. The summed E-state index contributed by atoms with van der Waals surface area (Å²) in [7, 11) is 0. The van der Waals surface area contributed by atoms with Crippen molar-refractivity contribution in [1.29, 1.82) is 0 Å². The van der Waals surface area contributed by atoms with Gasteiger partial charge in [0.05, 0.1) is 18.8 Å². The largest absolute Gasteiger partial charge is 0.493 e. The summed E-state index contributed by atoms with van der Waals surface area (Å²) in [6, 6.07) is 10.9. The van der Waals surface area contributed by atoms with Gasteiger partial charge in [-0.1, -0.05) is 18.2 Å². The van der Waals surface area contributed by atoms with Crippen molar-refractivity contribution in [3.05, 3.63) is 71.0 Å². The Morgan fingerprint density at radius 2 is 2.04 bits per heavy atom. The minimum atomic E-state index is -0.907. The number of nitrogens with one attached hydrogen (secondary N) is 1. The van der Waals surface area contributed by atoms with E-state index in [-0.39, 0.29) is 11.7 Å². The van der Waals surface area contributed by atoms with Crippen LogP contribution < -0.4 is 10.1 Å². The molecule has 0 aromatic heterocycles. The molecule has 130 valence electrons. The number of fused-ring (bicyclic) bond motifs is 1. The summed E-state index contributed by atoms with van der Waals surface area (Å²) >= 11 is 0. The van der Waals surface area contributed by atoms with Crippen molar-refractivity contribution in [2.75, 3.05) is 6.61 Å². The van der Waals surface area contributed by atoms with Crippen LogP contribution in [0.3, 0.4) is 0 Å². The molecule has 1 heterocycles. The van der Waals surface area contributed by atoms with Gasteiger partial charge in [0.2, 0.25) is 5.91 Å². The smallest absolute Gasteiger partial charge is 0.244 e. The number of rotatable bonds is 5. The summed E-state index contributed by atoms with van der Waals surface area (Å²) < 4.78 is 18.4. The number of halogens is 1. The number of ether oxygens (including phenoxy) is 1. The van der Waals surface area contributed by atoms with Crippen LogP contribution in [-0.2, 0) is 11.2 Å². The topological polar surface area (TPSA) is 58.6 Å². The quantitative estimate of drug-likeness (QED) is 0.822. The maximum Gasteiger partial charge on any atom is 0.244 e. The number of carbonyl (C=O) groups is 1. The summed E-state index contributed by atoms with van der Waals surface area (Å²) in [5.41, 5.74) is 2.62. The minimum absolute atomic E-state index is 0.301. The van der Waals surface area contributed by atoms with Gasteiger partial charge in [0.15, 0.2) is 0 Å². The lowest BCUT2D eigenvalue weighted by atomic mass is 10.0. The standard InChI is InChI=1S/C20H20FNO3/c1-13(20(24)15-4-6-17(21)7-5-15)22-19(23)9-3-14-2-8-18-16(12-14)10-11-25-18/h2-9,12-13,20,24H,10-11H2,1H3,(H,22,23)/b9-3+. The summed E-state index contributed by atoms with van der Waals surface area (Å²) in [5.74, 6) is 0.235. The normalized spacial score (nSPS) is 15.5. The van der Waals surface area contributed by atoms with Crippen LogP contribution in [0.15, 0.2) is 48.5 Å². The van der Waals surface area contributed by atoms with Crippen molar-refractivity contribution in [2.45, 2.75) is 25.5 Å². The van der Waals surface area contributed by atoms with Crippen LogP contribution in [0, 0.1) is 5.82 Å². The Morgan fingerprint density at radius 3 is 2.80 bits per heavy atom. The molecule has 0 spiro atoms. The first-order valence-electron chi connectivity index (χ1n) is 8.21. The zero-order valence-electron chi connectivity index (χ0n) is 13.9. The molecule has 1 aliphatic rings. The fourth-order valence-corrected chi connectivity index (χ4v) is 2.78. The Labute approximate surface area is 145 Å². The van der Waals surface area contributed by atoms with Crippen molar-refractivity contribution in [1.82, 2.24) is 5.32 Å². The van der Waals surface area contributed by atoms with E-state index in [1.165, 1.54) is 30.3 Å². The summed E-state index contributed by atoms with van der Waals surface area (Å²) in [6.07, 6.45) is 3.13. The summed E-state index contributed by atoms with van der Waals surface area (Å²) in [5, 5.41) is 13.0. The van der Waals surface area contributed by atoms with E-state index in [9.17, 15) is 14.3 Å². The van der Waals surface area contributed by atoms with Crippen LogP contribution >= 0.6 is 0 Å². The molecule has 0 aliphatic carbocycles. The molecule has 0 fully saturated rings. The van der Waals surface area contributed by atoms with Gasteiger partial charge in [-0.25, -0.2) is 4.39 Å². The van der Waals surface area contributed by atoms with Crippen LogP contribution in [0.2, 0.25) is 0 Å². The molecule has 2 unspecified atom stereocenters. The second kappa shape index (κ2) is 7.49. The molecule has 2 atom stereocenters. The van der Waals surface area contributed by atoms with Gasteiger partial charge in [-0.15, -0.1) is 0 Å². The van der Waals surface area contributed by atoms with Gasteiger partial charge in [0, 0.05) is 12.5 Å². The van der Waals surface area contributed by atoms with Crippen molar-refractivity contribution in [2.24, 2.45) is 0 Å². The van der Waals surface area contributed by atoms with Gasteiger partial charge in [-0.05, 0) is 54.0 Å². The summed E-state index contributed by atoms with van der Waals surface area (Å²) in [4.78, 5) is 12.1. The first-order chi connectivity index (χ1) is 12.0. The summed E-state index contributed by atoms with van der Waals surface area (Å²) in [6.45, 7) is 2.40. The highest BCUT2D eigenvalue weighted by molar-refractivity contribution is 5.92. The van der Waals surface area contributed by atoms with Crippen LogP contribution in [-0.4, -0.2) is 23.7 Å². The molecular formula is C20H20FNO3. The molecule has 2 aromatic rings. The van der Waals surface area contributed by atoms with Crippen molar-refractivity contribution < 1.29 is 19.0 Å². The van der Waals surface area contributed by atoms with Crippen molar-refractivity contribution in [3.63, 3.8) is 0 Å². The molecule has 1 aliphatic heterocycles. The van der Waals surface area contributed by atoms with Crippen LogP contribution in [0.5, 0.6) is 5.75 Å². The van der Waals surface area contributed by atoms with E-state index in [0.29, 0.717) is 12.2 Å². The zero-order valence-corrected chi connectivity index (χ0v) is 13.9. The van der Waals surface area contributed by atoms with E-state index in [1.54, 1.807) is 13.0 Å². The molecule has 2 N–H and O–H groups in total. The number of aliphatic hydroxyl groups is 1. The molecule has 1 amide bonds. The lowest BCUT2D eigenvalue weighted by Crippen LogP contribution is -2.36. The Hall–Kier alpha value is -2.66. The highest BCUT2D eigenvalue weighted by atomic mass is 19.1. The first-order valence-corrected chi connectivity index (χ1v) is 8.21. The average Bonchev–Trinajstić information content (AvgIpc) is 3.07. The molecule has 2 aromatic carbocycles. The highest BCUT2D eigenvalue weighted by Crippen LogP contribution is 2.26. The monoisotopic (exact) mass is 341 g/mol. The maximum absolute atomic E-state index is 12.9. The molecule has 0 bridgehead atoms. The van der Waals surface area contributed by atoms with Gasteiger partial charge < -0.3 is 15.2 Å². The van der Waals surface area contributed by atoms with E-state index >= 15 is 0 Å². The molecule has 4 nitrogen and oxygen atoms in total. The second-order valence-corrected chi connectivity index (χ2v) is 6.09. The third-order valence-electron chi connectivity index (χ3n) is 4.20.